The standard InChI is InChI=1S/C20H18INO8/c1-5-6-2-3-8(21)15(25)11(6)16(26)13-10(5)14(24)7-4-9(23)12(19(22)29)17(27)20(7,30)18(13)28/h2-3,5,7,10,14,24-27,30H,4H2,1H3,(H2,22,29)/t5-,7?,10?,14+,20+/m0/s1. The highest BCUT2D eigenvalue weighted by atomic mass is 127. The Morgan fingerprint density at radius 2 is 1.87 bits per heavy atom. The molecule has 1 fully saturated rings. The lowest BCUT2D eigenvalue weighted by atomic mass is 9.55. The monoisotopic (exact) mass is 527 g/mol. The Hall–Kier alpha value is -2.44. The number of carbonyl (C=O) groups is 3. The van der Waals surface area contributed by atoms with Crippen LogP contribution in [-0.2, 0) is 14.4 Å². The first-order valence-corrected chi connectivity index (χ1v) is 10.2. The molecule has 30 heavy (non-hydrogen) atoms. The van der Waals surface area contributed by atoms with E-state index in [1.54, 1.807) is 19.1 Å². The summed E-state index contributed by atoms with van der Waals surface area (Å²) in [6, 6.07) is 3.27. The number of hydrogen-bond donors (Lipinski definition) is 6. The van der Waals surface area contributed by atoms with Crippen molar-refractivity contribution in [3.63, 3.8) is 0 Å². The number of amides is 1. The number of nitrogens with two attached hydrogens (primary N) is 1. The quantitative estimate of drug-likeness (QED) is 0.227. The molecule has 158 valence electrons. The number of fused-ring (bicyclic) bond motifs is 3. The number of aliphatic hydroxyl groups excluding tert-OH is 3. The molecule has 0 bridgehead atoms. The molecular formula is C20H18INO8. The summed E-state index contributed by atoms with van der Waals surface area (Å²) < 4.78 is 0.409. The van der Waals surface area contributed by atoms with Crippen molar-refractivity contribution in [2.45, 2.75) is 31.0 Å². The van der Waals surface area contributed by atoms with Crippen LogP contribution in [0.5, 0.6) is 5.75 Å². The van der Waals surface area contributed by atoms with E-state index in [0.29, 0.717) is 9.13 Å². The smallest absolute Gasteiger partial charge is 0.255 e. The summed E-state index contributed by atoms with van der Waals surface area (Å²) in [5.41, 5.74) is 1.50. The summed E-state index contributed by atoms with van der Waals surface area (Å²) in [4.78, 5) is 37.4. The summed E-state index contributed by atoms with van der Waals surface area (Å²) in [6.45, 7) is 1.68. The third-order valence-electron chi connectivity index (χ3n) is 6.45. The van der Waals surface area contributed by atoms with E-state index in [-0.39, 0.29) is 16.9 Å². The molecule has 0 radical (unpaired) electrons. The molecule has 1 aromatic carbocycles. The Morgan fingerprint density at radius 3 is 2.47 bits per heavy atom. The molecule has 1 aromatic rings. The van der Waals surface area contributed by atoms with Crippen LogP contribution in [0.4, 0.5) is 0 Å². The maximum Gasteiger partial charge on any atom is 0.255 e. The zero-order valence-electron chi connectivity index (χ0n) is 15.6. The van der Waals surface area contributed by atoms with E-state index in [2.05, 4.69) is 0 Å². The summed E-state index contributed by atoms with van der Waals surface area (Å²) in [5.74, 6) is -8.52. The van der Waals surface area contributed by atoms with Crippen molar-refractivity contribution in [1.82, 2.24) is 0 Å². The van der Waals surface area contributed by atoms with Gasteiger partial charge in [0, 0.05) is 23.8 Å². The molecule has 4 rings (SSSR count). The predicted octanol–water partition coefficient (Wildman–Crippen LogP) is 0.560. The van der Waals surface area contributed by atoms with Crippen LogP contribution in [0.15, 0.2) is 29.0 Å². The Bertz CT molecular complexity index is 1110. The number of aliphatic hydroxyl groups is 4. The SMILES string of the molecule is C[C@H]1c2ccc(I)c(O)c2C(O)=C2C(=O)[C@]3(O)C(O)=C(C(N)=O)C(=O)CC3[C@@H](O)C21. The van der Waals surface area contributed by atoms with E-state index < -0.39 is 70.4 Å². The lowest BCUT2D eigenvalue weighted by Gasteiger charge is -2.50. The Balaban J connectivity index is 2.03. The first-order valence-electron chi connectivity index (χ1n) is 9.11. The second-order valence-corrected chi connectivity index (χ2v) is 9.01. The zero-order valence-corrected chi connectivity index (χ0v) is 17.7. The number of primary amides is 1. The van der Waals surface area contributed by atoms with Crippen molar-refractivity contribution in [2.24, 2.45) is 17.6 Å². The normalized spacial score (nSPS) is 33.2. The fraction of sp³-hybridized carbons (Fsp3) is 0.350. The van der Waals surface area contributed by atoms with Gasteiger partial charge in [-0.05, 0) is 40.1 Å². The van der Waals surface area contributed by atoms with Crippen LogP contribution in [0, 0.1) is 15.4 Å². The molecule has 7 N–H and O–H groups in total. The van der Waals surface area contributed by atoms with Gasteiger partial charge in [0.25, 0.3) is 5.91 Å². The van der Waals surface area contributed by atoms with Crippen molar-refractivity contribution < 1.29 is 39.9 Å². The van der Waals surface area contributed by atoms with Gasteiger partial charge in [-0.2, -0.15) is 0 Å². The highest BCUT2D eigenvalue weighted by Crippen LogP contribution is 2.55. The summed E-state index contributed by atoms with van der Waals surface area (Å²) in [6.07, 6.45) is -2.11. The Labute approximate surface area is 183 Å². The molecule has 2 unspecified atom stereocenters. The van der Waals surface area contributed by atoms with Crippen LogP contribution >= 0.6 is 22.6 Å². The number of ketones is 2. The van der Waals surface area contributed by atoms with E-state index in [0.717, 1.165) is 0 Å². The lowest BCUT2D eigenvalue weighted by molar-refractivity contribution is -0.160. The third kappa shape index (κ3) is 2.38. The molecule has 0 aliphatic heterocycles. The van der Waals surface area contributed by atoms with Gasteiger partial charge in [-0.1, -0.05) is 13.0 Å². The fourth-order valence-corrected chi connectivity index (χ4v) is 5.42. The van der Waals surface area contributed by atoms with Gasteiger partial charge in [0.05, 0.1) is 15.2 Å². The summed E-state index contributed by atoms with van der Waals surface area (Å²) in [5, 5.41) is 54.1. The molecule has 1 amide bonds. The van der Waals surface area contributed by atoms with Crippen LogP contribution in [-0.4, -0.2) is 54.7 Å². The molecule has 0 spiro atoms. The molecule has 0 aromatic heterocycles. The second kappa shape index (κ2) is 6.53. The largest absolute Gasteiger partial charge is 0.508 e. The zero-order chi connectivity index (χ0) is 22.3. The summed E-state index contributed by atoms with van der Waals surface area (Å²) >= 11 is 1.85. The predicted molar refractivity (Wildman–Crippen MR) is 110 cm³/mol. The summed E-state index contributed by atoms with van der Waals surface area (Å²) in [7, 11) is 0. The number of benzene rings is 1. The topological polar surface area (TPSA) is 178 Å². The Kier molecular flexibility index (Phi) is 4.53. The minimum atomic E-state index is -2.81. The first kappa shape index (κ1) is 20.8. The van der Waals surface area contributed by atoms with Gasteiger partial charge < -0.3 is 31.3 Å². The van der Waals surface area contributed by atoms with Gasteiger partial charge in [0.2, 0.25) is 5.78 Å². The van der Waals surface area contributed by atoms with Crippen LogP contribution in [0.1, 0.15) is 30.4 Å². The van der Waals surface area contributed by atoms with Gasteiger partial charge in [0.15, 0.2) is 11.4 Å². The molecule has 9 nitrogen and oxygen atoms in total. The van der Waals surface area contributed by atoms with Gasteiger partial charge >= 0.3 is 0 Å². The van der Waals surface area contributed by atoms with Crippen LogP contribution in [0.2, 0.25) is 0 Å². The maximum absolute atomic E-state index is 13.4. The number of halogens is 1. The Morgan fingerprint density at radius 1 is 1.23 bits per heavy atom. The van der Waals surface area contributed by atoms with Crippen molar-refractivity contribution in [3.05, 3.63) is 43.7 Å². The number of hydrogen-bond acceptors (Lipinski definition) is 8. The number of Topliss-reactive ketones (excluding diaryl/α,β-unsaturated/α-hetero) is 2. The molecule has 10 heteroatoms. The van der Waals surface area contributed by atoms with Gasteiger partial charge in [0.1, 0.15) is 22.8 Å². The van der Waals surface area contributed by atoms with Crippen molar-refractivity contribution in [2.75, 3.05) is 0 Å². The molecule has 5 atom stereocenters. The molecule has 0 heterocycles. The van der Waals surface area contributed by atoms with Gasteiger partial charge in [-0.25, -0.2) is 0 Å². The number of phenolic OH excluding ortho intramolecular Hbond substituents is 1. The first-order chi connectivity index (χ1) is 13.9. The molecule has 0 saturated heterocycles. The molecule has 3 aliphatic rings. The average molecular weight is 527 g/mol. The highest BCUT2D eigenvalue weighted by Gasteiger charge is 2.64. The van der Waals surface area contributed by atoms with Crippen molar-refractivity contribution in [3.8, 4) is 5.75 Å². The van der Waals surface area contributed by atoms with E-state index in [1.165, 1.54) is 0 Å². The van der Waals surface area contributed by atoms with Gasteiger partial charge in [-0.15, -0.1) is 0 Å². The van der Waals surface area contributed by atoms with E-state index in [9.17, 15) is 39.9 Å². The minimum Gasteiger partial charge on any atom is -0.508 e. The average Bonchev–Trinajstić information content (AvgIpc) is 2.67. The highest BCUT2D eigenvalue weighted by molar-refractivity contribution is 14.1. The lowest BCUT2D eigenvalue weighted by Crippen LogP contribution is -2.63. The number of aromatic hydroxyl groups is 1. The van der Waals surface area contributed by atoms with Crippen molar-refractivity contribution >= 4 is 45.8 Å². The van der Waals surface area contributed by atoms with Crippen LogP contribution in [0.3, 0.4) is 0 Å². The third-order valence-corrected chi connectivity index (χ3v) is 7.32. The fourth-order valence-electron chi connectivity index (χ4n) is 4.97. The maximum atomic E-state index is 13.4. The minimum absolute atomic E-state index is 0.00581. The van der Waals surface area contributed by atoms with Crippen LogP contribution in [0.25, 0.3) is 5.76 Å². The molecule has 3 aliphatic carbocycles. The second-order valence-electron chi connectivity index (χ2n) is 7.84. The van der Waals surface area contributed by atoms with E-state index >= 15 is 0 Å². The van der Waals surface area contributed by atoms with Crippen molar-refractivity contribution in [1.29, 1.82) is 0 Å². The van der Waals surface area contributed by atoms with Gasteiger partial charge in [-0.3, -0.25) is 14.4 Å². The number of rotatable bonds is 1. The number of carbonyl (C=O) groups excluding carboxylic acids is 3. The molecular weight excluding hydrogens is 509 g/mol. The molecule has 1 saturated carbocycles. The van der Waals surface area contributed by atoms with E-state index in [4.69, 9.17) is 5.73 Å². The van der Waals surface area contributed by atoms with E-state index in [1.807, 2.05) is 22.6 Å². The number of phenols is 1. The van der Waals surface area contributed by atoms with Crippen LogP contribution < -0.4 is 5.73 Å².